The summed E-state index contributed by atoms with van der Waals surface area (Å²) in [6.07, 6.45) is -1.95. The number of ether oxygens (including phenoxy) is 4. The molecule has 1 aromatic rings. The van der Waals surface area contributed by atoms with Gasteiger partial charge < -0.3 is 29.4 Å². The summed E-state index contributed by atoms with van der Waals surface area (Å²) >= 11 is 0. The second-order valence-corrected chi connectivity index (χ2v) is 6.06. The summed E-state index contributed by atoms with van der Waals surface area (Å²) in [4.78, 5) is 11.5. The summed E-state index contributed by atoms with van der Waals surface area (Å²) in [7, 11) is 0. The number of benzene rings is 1. The Hall–Kier alpha value is -1.77. The molecule has 7 heteroatoms. The van der Waals surface area contributed by atoms with Gasteiger partial charge in [-0.3, -0.25) is 4.79 Å². The molecule has 2 fully saturated rings. The Balaban J connectivity index is 1.75. The molecule has 0 radical (unpaired) electrons. The van der Waals surface area contributed by atoms with Crippen LogP contribution < -0.4 is 5.32 Å². The monoisotopic (exact) mass is 349 g/mol. The maximum absolute atomic E-state index is 11.5. The molecule has 25 heavy (non-hydrogen) atoms. The molecule has 1 aromatic carbocycles. The summed E-state index contributed by atoms with van der Waals surface area (Å²) in [5.74, 6) is -0.287. The maximum Gasteiger partial charge on any atom is 0.217 e. The van der Waals surface area contributed by atoms with Crippen molar-refractivity contribution < 1.29 is 28.8 Å². The van der Waals surface area contributed by atoms with E-state index in [4.69, 9.17) is 18.9 Å². The number of carbonyl (C=O) groups is 1. The van der Waals surface area contributed by atoms with Crippen molar-refractivity contribution in [2.45, 2.75) is 43.9 Å². The first-order valence-corrected chi connectivity index (χ1v) is 8.25. The zero-order valence-electron chi connectivity index (χ0n) is 14.0. The van der Waals surface area contributed by atoms with E-state index < -0.39 is 36.9 Å². The number of carbonyl (C=O) groups excluding carboxylic acids is 1. The average molecular weight is 349 g/mol. The predicted molar refractivity (Wildman–Crippen MR) is 88.4 cm³/mol. The summed E-state index contributed by atoms with van der Waals surface area (Å²) in [6, 6.07) is 8.73. The van der Waals surface area contributed by atoms with E-state index in [1.54, 1.807) is 6.08 Å². The third kappa shape index (κ3) is 4.08. The van der Waals surface area contributed by atoms with Crippen LogP contribution in [0.15, 0.2) is 43.0 Å². The van der Waals surface area contributed by atoms with Crippen molar-refractivity contribution in [1.29, 1.82) is 0 Å². The summed E-state index contributed by atoms with van der Waals surface area (Å²) < 4.78 is 23.1. The molecule has 0 aromatic heterocycles. The highest BCUT2D eigenvalue weighted by Gasteiger charge is 2.50. The molecule has 3 rings (SSSR count). The Kier molecular flexibility index (Phi) is 5.82. The first-order valence-electron chi connectivity index (χ1n) is 8.25. The number of hydrogen-bond donors (Lipinski definition) is 2. The van der Waals surface area contributed by atoms with Gasteiger partial charge in [0.1, 0.15) is 24.4 Å². The van der Waals surface area contributed by atoms with Crippen molar-refractivity contribution in [1.82, 2.24) is 5.32 Å². The molecular weight excluding hydrogens is 326 g/mol. The molecule has 7 nitrogen and oxygen atoms in total. The quantitative estimate of drug-likeness (QED) is 0.768. The first kappa shape index (κ1) is 18.0. The minimum absolute atomic E-state index is 0.235. The highest BCUT2D eigenvalue weighted by atomic mass is 16.7. The molecule has 0 aliphatic carbocycles. The van der Waals surface area contributed by atoms with Crippen LogP contribution in [0.4, 0.5) is 0 Å². The molecule has 6 atom stereocenters. The molecule has 0 bridgehead atoms. The van der Waals surface area contributed by atoms with Gasteiger partial charge in [0.05, 0.1) is 13.2 Å². The van der Waals surface area contributed by atoms with Crippen molar-refractivity contribution in [3.05, 3.63) is 48.6 Å². The van der Waals surface area contributed by atoms with E-state index in [2.05, 4.69) is 11.9 Å². The predicted octanol–water partition coefficient (Wildman–Crippen LogP) is 0.894. The van der Waals surface area contributed by atoms with Crippen molar-refractivity contribution >= 4 is 5.91 Å². The van der Waals surface area contributed by atoms with Gasteiger partial charge in [-0.25, -0.2) is 0 Å². The molecule has 136 valence electrons. The van der Waals surface area contributed by atoms with Crippen molar-refractivity contribution in [3.63, 3.8) is 0 Å². The third-order valence-electron chi connectivity index (χ3n) is 4.19. The van der Waals surface area contributed by atoms with Crippen molar-refractivity contribution in [3.8, 4) is 0 Å². The van der Waals surface area contributed by atoms with Crippen LogP contribution in [-0.2, 0) is 23.7 Å². The van der Waals surface area contributed by atoms with E-state index in [9.17, 15) is 9.90 Å². The first-order chi connectivity index (χ1) is 12.1. The summed E-state index contributed by atoms with van der Waals surface area (Å²) in [6.45, 7) is 5.46. The minimum atomic E-state index is -0.993. The van der Waals surface area contributed by atoms with Gasteiger partial charge >= 0.3 is 0 Å². The van der Waals surface area contributed by atoms with E-state index in [-0.39, 0.29) is 19.1 Å². The number of aliphatic hydroxyl groups is 1. The lowest BCUT2D eigenvalue weighted by atomic mass is 9.95. The summed E-state index contributed by atoms with van der Waals surface area (Å²) in [5.41, 5.74) is 0.856. The van der Waals surface area contributed by atoms with Gasteiger partial charge in [0, 0.05) is 12.5 Å². The molecule has 0 spiro atoms. The fourth-order valence-electron chi connectivity index (χ4n) is 3.07. The van der Waals surface area contributed by atoms with Crippen molar-refractivity contribution in [2.75, 3.05) is 13.2 Å². The SMILES string of the molecule is C=CCO[C@H]1O[C@@H]2COC(c3ccccc3)O[C@@H]2[C@H](O)[C@H]1NC(C)=O. The van der Waals surface area contributed by atoms with E-state index >= 15 is 0 Å². The number of rotatable bonds is 5. The Morgan fingerprint density at radius 1 is 1.40 bits per heavy atom. The van der Waals surface area contributed by atoms with E-state index in [0.29, 0.717) is 0 Å². The number of aliphatic hydroxyl groups excluding tert-OH is 1. The molecule has 2 N–H and O–H groups in total. The third-order valence-corrected chi connectivity index (χ3v) is 4.19. The lowest BCUT2D eigenvalue weighted by Crippen LogP contribution is -2.66. The normalized spacial score (nSPS) is 34.8. The Morgan fingerprint density at radius 2 is 2.16 bits per heavy atom. The molecule has 1 amide bonds. The van der Waals surface area contributed by atoms with Gasteiger partial charge in [-0.1, -0.05) is 36.4 Å². The average Bonchev–Trinajstić information content (AvgIpc) is 2.63. The molecule has 2 saturated heterocycles. The molecule has 2 aliphatic rings. The Labute approximate surface area is 146 Å². The fourth-order valence-corrected chi connectivity index (χ4v) is 3.07. The van der Waals surface area contributed by atoms with Gasteiger partial charge in [0.2, 0.25) is 5.91 Å². The van der Waals surface area contributed by atoms with Gasteiger partial charge in [-0.05, 0) is 0 Å². The van der Waals surface area contributed by atoms with Gasteiger partial charge in [-0.2, -0.15) is 0 Å². The molecule has 0 saturated carbocycles. The van der Waals surface area contributed by atoms with Crippen LogP contribution in [-0.4, -0.2) is 54.9 Å². The lowest BCUT2D eigenvalue weighted by molar-refractivity contribution is -0.343. The Bertz CT molecular complexity index is 594. The van der Waals surface area contributed by atoms with Crippen LogP contribution in [0.25, 0.3) is 0 Å². The number of amides is 1. The largest absolute Gasteiger partial charge is 0.388 e. The molecule has 1 unspecified atom stereocenters. The van der Waals surface area contributed by atoms with Gasteiger partial charge in [0.15, 0.2) is 12.6 Å². The summed E-state index contributed by atoms with van der Waals surface area (Å²) in [5, 5.41) is 13.5. The Morgan fingerprint density at radius 3 is 2.84 bits per heavy atom. The molecular formula is C18H23NO6. The van der Waals surface area contributed by atoms with Gasteiger partial charge in [0.25, 0.3) is 0 Å². The van der Waals surface area contributed by atoms with Crippen LogP contribution in [0.3, 0.4) is 0 Å². The maximum atomic E-state index is 11.5. The van der Waals surface area contributed by atoms with Crippen LogP contribution in [0.1, 0.15) is 18.8 Å². The highest BCUT2D eigenvalue weighted by Crippen LogP contribution is 2.34. The smallest absolute Gasteiger partial charge is 0.217 e. The minimum Gasteiger partial charge on any atom is -0.388 e. The zero-order valence-corrected chi connectivity index (χ0v) is 14.0. The zero-order chi connectivity index (χ0) is 17.8. The standard InChI is InChI=1S/C18H23NO6/c1-3-9-22-18-14(19-11(2)20)15(21)16-13(24-18)10-23-17(25-16)12-7-5-4-6-8-12/h3-8,13-18,21H,1,9-10H2,2H3,(H,19,20)/t13-,14-,15-,16+,17?,18+/m1/s1. The van der Waals surface area contributed by atoms with Crippen LogP contribution >= 0.6 is 0 Å². The van der Waals surface area contributed by atoms with Crippen LogP contribution in [0, 0.1) is 0 Å². The van der Waals surface area contributed by atoms with Gasteiger partial charge in [-0.15, -0.1) is 6.58 Å². The van der Waals surface area contributed by atoms with Crippen LogP contribution in [0.2, 0.25) is 0 Å². The second-order valence-electron chi connectivity index (χ2n) is 6.06. The second kappa shape index (κ2) is 8.07. The number of fused-ring (bicyclic) bond motifs is 1. The highest BCUT2D eigenvalue weighted by molar-refractivity contribution is 5.73. The van der Waals surface area contributed by atoms with Crippen LogP contribution in [0.5, 0.6) is 0 Å². The molecule has 2 heterocycles. The van der Waals surface area contributed by atoms with E-state index in [0.717, 1.165) is 5.56 Å². The number of nitrogens with one attached hydrogen (secondary N) is 1. The topological polar surface area (TPSA) is 86.2 Å². The lowest BCUT2D eigenvalue weighted by Gasteiger charge is -2.47. The number of hydrogen-bond acceptors (Lipinski definition) is 6. The molecule has 2 aliphatic heterocycles. The fraction of sp³-hybridized carbons (Fsp3) is 0.500. The van der Waals surface area contributed by atoms with E-state index in [1.165, 1.54) is 6.92 Å². The van der Waals surface area contributed by atoms with Crippen molar-refractivity contribution in [2.24, 2.45) is 0 Å². The van der Waals surface area contributed by atoms with E-state index in [1.807, 2.05) is 30.3 Å².